The van der Waals surface area contributed by atoms with Crippen molar-refractivity contribution in [1.29, 1.82) is 0 Å². The van der Waals surface area contributed by atoms with Crippen LogP contribution in [0.15, 0.2) is 0 Å². The molecule has 124 valence electrons. The van der Waals surface area contributed by atoms with Crippen LogP contribution in [0.5, 0.6) is 0 Å². The van der Waals surface area contributed by atoms with Gasteiger partial charge in [0.1, 0.15) is 0 Å². The zero-order valence-corrected chi connectivity index (χ0v) is 13.2. The molecule has 2 fully saturated rings. The van der Waals surface area contributed by atoms with Crippen molar-refractivity contribution in [2.75, 3.05) is 0 Å². The van der Waals surface area contributed by atoms with Crippen molar-refractivity contribution in [2.24, 2.45) is 11.8 Å². The molecule has 0 aromatic rings. The Labute approximate surface area is 127 Å². The van der Waals surface area contributed by atoms with Gasteiger partial charge in [0.2, 0.25) is 0 Å². The molecular weight excluding hydrogens is 275 g/mol. The molecule has 0 amide bonds. The first-order valence-corrected chi connectivity index (χ1v) is 8.83. The number of nitrogens with one attached hydrogen (secondary N) is 1. The van der Waals surface area contributed by atoms with Gasteiger partial charge < -0.3 is 5.32 Å². The number of rotatable bonds is 4. The maximum absolute atomic E-state index is 13.1. The van der Waals surface area contributed by atoms with Crippen LogP contribution in [0.25, 0.3) is 0 Å². The van der Waals surface area contributed by atoms with Crippen molar-refractivity contribution >= 4 is 0 Å². The van der Waals surface area contributed by atoms with Crippen LogP contribution in [-0.4, -0.2) is 18.3 Å². The Balaban J connectivity index is 1.87. The molecule has 0 radical (unpaired) electrons. The zero-order chi connectivity index (χ0) is 15.3. The van der Waals surface area contributed by atoms with Crippen LogP contribution < -0.4 is 5.32 Å². The van der Waals surface area contributed by atoms with Gasteiger partial charge in [0.25, 0.3) is 0 Å². The highest BCUT2D eigenvalue weighted by molar-refractivity contribution is 4.88. The Morgan fingerprint density at radius 3 is 2.38 bits per heavy atom. The average Bonchev–Trinajstić information content (AvgIpc) is 2.64. The summed E-state index contributed by atoms with van der Waals surface area (Å²) in [5.41, 5.74) is 0. The van der Waals surface area contributed by atoms with Crippen LogP contribution in [0, 0.1) is 11.8 Å². The van der Waals surface area contributed by atoms with Crippen molar-refractivity contribution in [3.63, 3.8) is 0 Å². The van der Waals surface area contributed by atoms with Crippen molar-refractivity contribution in [3.05, 3.63) is 0 Å². The van der Waals surface area contributed by atoms with E-state index in [1.165, 1.54) is 32.1 Å². The predicted molar refractivity (Wildman–Crippen MR) is 80.2 cm³/mol. The molecule has 0 aromatic carbocycles. The van der Waals surface area contributed by atoms with E-state index in [-0.39, 0.29) is 6.04 Å². The molecule has 4 atom stereocenters. The summed E-state index contributed by atoms with van der Waals surface area (Å²) in [6.07, 6.45) is 6.88. The second-order valence-corrected chi connectivity index (χ2v) is 7.07. The summed E-state index contributed by atoms with van der Waals surface area (Å²) >= 11 is 0. The van der Waals surface area contributed by atoms with Gasteiger partial charge in [-0.1, -0.05) is 45.4 Å². The Hall–Kier alpha value is -0.250. The molecule has 2 aliphatic rings. The first-order valence-electron chi connectivity index (χ1n) is 8.83. The highest BCUT2D eigenvalue weighted by Gasteiger charge is 2.45. The summed E-state index contributed by atoms with van der Waals surface area (Å²) in [6.45, 7) is 2.22. The van der Waals surface area contributed by atoms with Crippen LogP contribution in [-0.2, 0) is 0 Å². The normalized spacial score (nSPS) is 35.4. The molecule has 0 saturated heterocycles. The predicted octanol–water partition coefficient (Wildman–Crippen LogP) is 5.45. The first kappa shape index (κ1) is 17.1. The molecule has 1 nitrogen and oxygen atoms in total. The van der Waals surface area contributed by atoms with Crippen molar-refractivity contribution in [2.45, 2.75) is 95.8 Å². The van der Waals surface area contributed by atoms with E-state index in [9.17, 15) is 13.2 Å². The molecule has 2 saturated carbocycles. The van der Waals surface area contributed by atoms with Crippen molar-refractivity contribution in [3.8, 4) is 0 Å². The van der Waals surface area contributed by atoms with Gasteiger partial charge in [-0.05, 0) is 38.0 Å². The lowest BCUT2D eigenvalue weighted by molar-refractivity contribution is -0.189. The average molecular weight is 305 g/mol. The second-order valence-electron chi connectivity index (χ2n) is 7.07. The van der Waals surface area contributed by atoms with Crippen LogP contribution >= 0.6 is 0 Å². The van der Waals surface area contributed by atoms with Gasteiger partial charge >= 0.3 is 6.18 Å². The SMILES string of the molecule is CCCC1CCCC(NC2CCCCC2C(F)(F)F)CC1. The molecule has 0 heterocycles. The molecule has 0 spiro atoms. The largest absolute Gasteiger partial charge is 0.393 e. The van der Waals surface area contributed by atoms with Crippen LogP contribution in [0.3, 0.4) is 0 Å². The molecule has 4 unspecified atom stereocenters. The molecule has 0 aromatic heterocycles. The van der Waals surface area contributed by atoms with Gasteiger partial charge in [-0.15, -0.1) is 0 Å². The highest BCUT2D eigenvalue weighted by Crippen LogP contribution is 2.38. The Bertz CT molecular complexity index is 303. The van der Waals surface area contributed by atoms with E-state index in [1.54, 1.807) is 0 Å². The van der Waals surface area contributed by atoms with E-state index in [2.05, 4.69) is 12.2 Å². The summed E-state index contributed by atoms with van der Waals surface area (Å²) in [6, 6.07) is -0.0359. The molecule has 4 heteroatoms. The summed E-state index contributed by atoms with van der Waals surface area (Å²) in [5, 5.41) is 3.40. The van der Waals surface area contributed by atoms with E-state index in [1.807, 2.05) is 0 Å². The van der Waals surface area contributed by atoms with Gasteiger partial charge in [-0.25, -0.2) is 0 Å². The third-order valence-electron chi connectivity index (χ3n) is 5.42. The lowest BCUT2D eigenvalue weighted by atomic mass is 9.83. The quantitative estimate of drug-likeness (QED) is 0.681. The molecular formula is C17H30F3N. The Kier molecular flexibility index (Phi) is 6.39. The van der Waals surface area contributed by atoms with E-state index < -0.39 is 12.1 Å². The third-order valence-corrected chi connectivity index (χ3v) is 5.42. The standard InChI is InChI=1S/C17H30F3N/c1-2-6-13-7-5-8-14(12-11-13)21-16-10-4-3-9-15(16)17(18,19)20/h13-16,21H,2-12H2,1H3. The topological polar surface area (TPSA) is 12.0 Å². The number of hydrogen-bond acceptors (Lipinski definition) is 1. The fourth-order valence-corrected chi connectivity index (χ4v) is 4.27. The fourth-order valence-electron chi connectivity index (χ4n) is 4.27. The molecule has 0 aliphatic heterocycles. The second kappa shape index (κ2) is 7.85. The lowest BCUT2D eigenvalue weighted by Gasteiger charge is -2.36. The van der Waals surface area contributed by atoms with Gasteiger partial charge in [0, 0.05) is 12.1 Å². The van der Waals surface area contributed by atoms with Crippen LogP contribution in [0.1, 0.15) is 77.6 Å². The molecule has 0 bridgehead atoms. The molecule has 2 aliphatic carbocycles. The molecule has 2 rings (SSSR count). The molecule has 21 heavy (non-hydrogen) atoms. The minimum absolute atomic E-state index is 0.305. The first-order chi connectivity index (χ1) is 10.0. The zero-order valence-electron chi connectivity index (χ0n) is 13.2. The summed E-state index contributed by atoms with van der Waals surface area (Å²) in [7, 11) is 0. The third kappa shape index (κ3) is 5.15. The van der Waals surface area contributed by atoms with E-state index in [4.69, 9.17) is 0 Å². The monoisotopic (exact) mass is 305 g/mol. The Morgan fingerprint density at radius 2 is 1.67 bits per heavy atom. The van der Waals surface area contributed by atoms with Crippen LogP contribution in [0.4, 0.5) is 13.2 Å². The van der Waals surface area contributed by atoms with Crippen molar-refractivity contribution in [1.82, 2.24) is 5.32 Å². The smallest absolute Gasteiger partial charge is 0.311 e. The maximum Gasteiger partial charge on any atom is 0.393 e. The number of alkyl halides is 3. The summed E-state index contributed by atoms with van der Waals surface area (Å²) in [5.74, 6) is -0.326. The lowest BCUT2D eigenvalue weighted by Crippen LogP contribution is -2.49. The van der Waals surface area contributed by atoms with E-state index in [0.717, 1.165) is 31.6 Å². The summed E-state index contributed by atoms with van der Waals surface area (Å²) in [4.78, 5) is 0. The van der Waals surface area contributed by atoms with Gasteiger partial charge in [0.05, 0.1) is 5.92 Å². The fraction of sp³-hybridized carbons (Fsp3) is 1.00. The van der Waals surface area contributed by atoms with Crippen LogP contribution in [0.2, 0.25) is 0 Å². The highest BCUT2D eigenvalue weighted by atomic mass is 19.4. The maximum atomic E-state index is 13.1. The minimum atomic E-state index is -4.03. The van der Waals surface area contributed by atoms with Crippen molar-refractivity contribution < 1.29 is 13.2 Å². The minimum Gasteiger partial charge on any atom is -0.311 e. The number of hydrogen-bond donors (Lipinski definition) is 1. The van der Waals surface area contributed by atoms with Gasteiger partial charge in [-0.2, -0.15) is 13.2 Å². The number of halogens is 3. The van der Waals surface area contributed by atoms with Gasteiger partial charge in [-0.3, -0.25) is 0 Å². The van der Waals surface area contributed by atoms with Gasteiger partial charge in [0.15, 0.2) is 0 Å². The summed E-state index contributed by atoms with van der Waals surface area (Å²) < 4.78 is 39.4. The van der Waals surface area contributed by atoms with E-state index >= 15 is 0 Å². The molecule has 1 N–H and O–H groups in total. The van der Waals surface area contributed by atoms with E-state index in [0.29, 0.717) is 18.9 Å². The Morgan fingerprint density at radius 1 is 0.905 bits per heavy atom.